The fourth-order valence-corrected chi connectivity index (χ4v) is 3.26. The number of amides is 2. The van der Waals surface area contributed by atoms with Gasteiger partial charge in [0, 0.05) is 18.6 Å². The molecule has 0 radical (unpaired) electrons. The summed E-state index contributed by atoms with van der Waals surface area (Å²) in [6.07, 6.45) is 7.03. The second-order valence-corrected chi connectivity index (χ2v) is 6.18. The quantitative estimate of drug-likeness (QED) is 0.766. The highest BCUT2D eigenvalue weighted by Crippen LogP contribution is 2.28. The van der Waals surface area contributed by atoms with Crippen molar-refractivity contribution in [3.63, 3.8) is 0 Å². The van der Waals surface area contributed by atoms with E-state index in [1.165, 1.54) is 25.7 Å². The van der Waals surface area contributed by atoms with Gasteiger partial charge in [-0.1, -0.05) is 12.8 Å². The van der Waals surface area contributed by atoms with Crippen molar-refractivity contribution in [3.8, 4) is 0 Å². The van der Waals surface area contributed by atoms with Gasteiger partial charge in [-0.2, -0.15) is 0 Å². The molecule has 1 aliphatic heterocycles. The minimum Gasteiger partial charge on any atom is -0.355 e. The molecule has 0 bridgehead atoms. The van der Waals surface area contributed by atoms with Crippen molar-refractivity contribution in [2.45, 2.75) is 50.6 Å². The smallest absolute Gasteiger partial charge is 0.234 e. The van der Waals surface area contributed by atoms with Crippen LogP contribution in [0.15, 0.2) is 0 Å². The van der Waals surface area contributed by atoms with E-state index in [2.05, 4.69) is 15.5 Å². The highest BCUT2D eigenvalue weighted by molar-refractivity contribution is 5.82. The van der Waals surface area contributed by atoms with E-state index >= 15 is 0 Å². The van der Waals surface area contributed by atoms with Crippen molar-refractivity contribution in [3.05, 3.63) is 0 Å². The minimum atomic E-state index is 0.0677. The molecule has 1 saturated heterocycles. The Labute approximate surface area is 114 Å². The molecule has 5 nitrogen and oxygen atoms in total. The highest BCUT2D eigenvalue weighted by Gasteiger charge is 2.37. The molecule has 2 atom stereocenters. The first kappa shape index (κ1) is 12.9. The normalized spacial score (nSPS) is 31.5. The summed E-state index contributed by atoms with van der Waals surface area (Å²) in [6, 6.07) is 0.615. The Morgan fingerprint density at radius 1 is 1.26 bits per heavy atom. The van der Waals surface area contributed by atoms with Crippen LogP contribution in [-0.2, 0) is 9.59 Å². The molecule has 2 aliphatic carbocycles. The number of piperazine rings is 1. The van der Waals surface area contributed by atoms with E-state index < -0.39 is 0 Å². The molecule has 2 amide bonds. The molecule has 106 valence electrons. The Bertz CT molecular complexity index is 368. The standard InChI is InChI=1S/C14H23N3O2/c18-13(15-7-10-5-6-10)8-17-9-14(19)16-11-3-1-2-4-12(11)17/h10-12H,1-9H2,(H,15,18)(H,16,19). The van der Waals surface area contributed by atoms with Crippen molar-refractivity contribution in [2.24, 2.45) is 5.92 Å². The fourth-order valence-electron chi connectivity index (χ4n) is 3.26. The van der Waals surface area contributed by atoms with E-state index in [-0.39, 0.29) is 17.9 Å². The van der Waals surface area contributed by atoms with Gasteiger partial charge in [0.2, 0.25) is 11.8 Å². The van der Waals surface area contributed by atoms with Gasteiger partial charge in [-0.05, 0) is 31.6 Å². The summed E-state index contributed by atoms with van der Waals surface area (Å²) in [7, 11) is 0. The predicted molar refractivity (Wildman–Crippen MR) is 71.5 cm³/mol. The van der Waals surface area contributed by atoms with E-state index in [9.17, 15) is 9.59 Å². The lowest BCUT2D eigenvalue weighted by atomic mass is 9.87. The lowest BCUT2D eigenvalue weighted by Crippen LogP contribution is -2.62. The summed E-state index contributed by atoms with van der Waals surface area (Å²) in [5, 5.41) is 6.06. The van der Waals surface area contributed by atoms with Gasteiger partial charge in [-0.25, -0.2) is 0 Å². The third-order valence-corrected chi connectivity index (χ3v) is 4.52. The van der Waals surface area contributed by atoms with Crippen molar-refractivity contribution in [1.82, 2.24) is 15.5 Å². The summed E-state index contributed by atoms with van der Waals surface area (Å²) < 4.78 is 0. The molecule has 0 aromatic carbocycles. The molecule has 0 aromatic rings. The number of hydrogen-bond acceptors (Lipinski definition) is 3. The fraction of sp³-hybridized carbons (Fsp3) is 0.857. The zero-order valence-corrected chi connectivity index (χ0v) is 11.4. The largest absolute Gasteiger partial charge is 0.355 e. The first-order chi connectivity index (χ1) is 9.22. The lowest BCUT2D eigenvalue weighted by molar-refractivity contribution is -0.131. The molecule has 2 N–H and O–H groups in total. The van der Waals surface area contributed by atoms with Gasteiger partial charge in [0.1, 0.15) is 0 Å². The number of rotatable bonds is 4. The maximum absolute atomic E-state index is 11.9. The molecule has 3 rings (SSSR count). The van der Waals surface area contributed by atoms with Crippen LogP contribution in [0.2, 0.25) is 0 Å². The second kappa shape index (κ2) is 5.49. The minimum absolute atomic E-state index is 0.0677. The average Bonchev–Trinajstić information content (AvgIpc) is 3.20. The van der Waals surface area contributed by atoms with Crippen LogP contribution >= 0.6 is 0 Å². The maximum Gasteiger partial charge on any atom is 0.234 e. The van der Waals surface area contributed by atoms with Gasteiger partial charge in [-0.15, -0.1) is 0 Å². The van der Waals surface area contributed by atoms with Crippen LogP contribution in [0.1, 0.15) is 38.5 Å². The Morgan fingerprint density at radius 2 is 2.05 bits per heavy atom. The molecule has 0 spiro atoms. The number of carbonyl (C=O) groups is 2. The molecule has 3 fully saturated rings. The van der Waals surface area contributed by atoms with Crippen LogP contribution in [-0.4, -0.2) is 48.4 Å². The maximum atomic E-state index is 11.9. The monoisotopic (exact) mass is 265 g/mol. The molecule has 3 aliphatic rings. The Kier molecular flexibility index (Phi) is 3.73. The van der Waals surface area contributed by atoms with Crippen LogP contribution in [0.5, 0.6) is 0 Å². The zero-order valence-electron chi connectivity index (χ0n) is 11.4. The van der Waals surface area contributed by atoms with Crippen molar-refractivity contribution in [2.75, 3.05) is 19.6 Å². The summed E-state index contributed by atoms with van der Waals surface area (Å²) in [6.45, 7) is 1.56. The summed E-state index contributed by atoms with van der Waals surface area (Å²) in [5.74, 6) is 0.847. The highest BCUT2D eigenvalue weighted by atomic mass is 16.2. The number of nitrogens with zero attached hydrogens (tertiary/aromatic N) is 1. The van der Waals surface area contributed by atoms with Gasteiger partial charge < -0.3 is 10.6 Å². The molecule has 0 aromatic heterocycles. The van der Waals surface area contributed by atoms with E-state index in [0.717, 1.165) is 19.4 Å². The lowest BCUT2D eigenvalue weighted by Gasteiger charge is -2.43. The third-order valence-electron chi connectivity index (χ3n) is 4.52. The SMILES string of the molecule is O=C(CN1CC(=O)NC2CCCCC21)NCC1CC1. The van der Waals surface area contributed by atoms with E-state index in [0.29, 0.717) is 25.0 Å². The third kappa shape index (κ3) is 3.26. The Balaban J connectivity index is 1.54. The topological polar surface area (TPSA) is 61.4 Å². The molecule has 19 heavy (non-hydrogen) atoms. The molecule has 2 unspecified atom stereocenters. The second-order valence-electron chi connectivity index (χ2n) is 6.18. The van der Waals surface area contributed by atoms with Gasteiger partial charge in [0.15, 0.2) is 0 Å². The number of fused-ring (bicyclic) bond motifs is 1. The van der Waals surface area contributed by atoms with E-state index in [1.54, 1.807) is 0 Å². The first-order valence-electron chi connectivity index (χ1n) is 7.52. The van der Waals surface area contributed by atoms with Crippen molar-refractivity contribution >= 4 is 11.8 Å². The van der Waals surface area contributed by atoms with Gasteiger partial charge >= 0.3 is 0 Å². The average molecular weight is 265 g/mol. The van der Waals surface area contributed by atoms with Crippen LogP contribution in [0.4, 0.5) is 0 Å². The van der Waals surface area contributed by atoms with Gasteiger partial charge in [-0.3, -0.25) is 14.5 Å². The molecule has 5 heteroatoms. The van der Waals surface area contributed by atoms with E-state index in [1.807, 2.05) is 0 Å². The zero-order chi connectivity index (χ0) is 13.2. The Morgan fingerprint density at radius 3 is 2.84 bits per heavy atom. The molecular weight excluding hydrogens is 242 g/mol. The molecule has 1 heterocycles. The summed E-state index contributed by atoms with van der Waals surface area (Å²) >= 11 is 0. The van der Waals surface area contributed by atoms with Crippen LogP contribution in [0.3, 0.4) is 0 Å². The molecule has 2 saturated carbocycles. The van der Waals surface area contributed by atoms with Crippen LogP contribution in [0.25, 0.3) is 0 Å². The van der Waals surface area contributed by atoms with Crippen molar-refractivity contribution < 1.29 is 9.59 Å². The van der Waals surface area contributed by atoms with Crippen LogP contribution in [0, 0.1) is 5.92 Å². The number of carbonyl (C=O) groups excluding carboxylic acids is 2. The van der Waals surface area contributed by atoms with Gasteiger partial charge in [0.05, 0.1) is 13.1 Å². The number of hydrogen-bond donors (Lipinski definition) is 2. The Hall–Kier alpha value is -1.10. The summed E-state index contributed by atoms with van der Waals surface area (Å²) in [4.78, 5) is 25.7. The predicted octanol–water partition coefficient (Wildman–Crippen LogP) is 0.256. The van der Waals surface area contributed by atoms with Gasteiger partial charge in [0.25, 0.3) is 0 Å². The first-order valence-corrected chi connectivity index (χ1v) is 7.52. The van der Waals surface area contributed by atoms with Crippen molar-refractivity contribution in [1.29, 1.82) is 0 Å². The molecular formula is C14H23N3O2. The summed E-state index contributed by atoms with van der Waals surface area (Å²) in [5.41, 5.74) is 0. The van der Waals surface area contributed by atoms with Crippen LogP contribution < -0.4 is 10.6 Å². The van der Waals surface area contributed by atoms with E-state index in [4.69, 9.17) is 0 Å². The number of nitrogens with one attached hydrogen (secondary N) is 2.